The Morgan fingerprint density at radius 3 is 2.65 bits per heavy atom. The highest BCUT2D eigenvalue weighted by molar-refractivity contribution is 5.46. The summed E-state index contributed by atoms with van der Waals surface area (Å²) in [4.78, 5) is 2.03. The maximum absolute atomic E-state index is 13.4. The Morgan fingerprint density at radius 2 is 1.95 bits per heavy atom. The monoisotopic (exact) mass is 269 g/mol. The van der Waals surface area contributed by atoms with Crippen LogP contribution in [0.25, 0.3) is 0 Å². The molecule has 3 nitrogen and oxygen atoms in total. The Balaban J connectivity index is 2.09. The molecule has 2 aromatic carbocycles. The Morgan fingerprint density at radius 1 is 1.20 bits per heavy atom. The van der Waals surface area contributed by atoms with Gasteiger partial charge in [-0.3, -0.25) is 4.90 Å². The van der Waals surface area contributed by atoms with Crippen molar-refractivity contribution >= 4 is 5.69 Å². The minimum Gasteiger partial charge on any atom is -0.398 e. The van der Waals surface area contributed by atoms with Gasteiger partial charge in [0.2, 0.25) is 0 Å². The molecule has 0 aliphatic heterocycles. The second-order valence-electron chi connectivity index (χ2n) is 4.83. The molecule has 0 aliphatic rings. The lowest BCUT2D eigenvalue weighted by Gasteiger charge is -2.18. The van der Waals surface area contributed by atoms with Gasteiger partial charge in [-0.15, -0.1) is 0 Å². The number of nitrogen functional groups attached to an aromatic ring is 1. The van der Waals surface area contributed by atoms with E-state index in [1.807, 2.05) is 42.3 Å². The molecule has 0 aliphatic carbocycles. The van der Waals surface area contributed by atoms with Crippen LogP contribution in [0.2, 0.25) is 0 Å². The van der Waals surface area contributed by atoms with Gasteiger partial charge >= 0.3 is 0 Å². The zero-order chi connectivity index (χ0) is 14.5. The second kappa shape index (κ2) is 6.18. The minimum atomic E-state index is -0.383. The minimum absolute atomic E-state index is 0.340. The molecule has 2 aromatic rings. The summed E-state index contributed by atoms with van der Waals surface area (Å²) in [5, 5.41) is 8.85. The van der Waals surface area contributed by atoms with Gasteiger partial charge in [0.1, 0.15) is 5.82 Å². The highest BCUT2D eigenvalue weighted by atomic mass is 19.1. The number of benzene rings is 2. The molecule has 0 spiro atoms. The van der Waals surface area contributed by atoms with E-state index in [-0.39, 0.29) is 5.82 Å². The lowest BCUT2D eigenvalue weighted by Crippen LogP contribution is -2.18. The Kier molecular flexibility index (Phi) is 4.34. The van der Waals surface area contributed by atoms with Gasteiger partial charge in [0.05, 0.1) is 11.6 Å². The number of halogens is 1. The van der Waals surface area contributed by atoms with Crippen LogP contribution in [0.5, 0.6) is 0 Å². The van der Waals surface area contributed by atoms with Gasteiger partial charge in [-0.2, -0.15) is 5.26 Å². The Bertz CT molecular complexity index is 646. The molecule has 0 bridgehead atoms. The van der Waals surface area contributed by atoms with E-state index in [4.69, 9.17) is 11.0 Å². The van der Waals surface area contributed by atoms with E-state index in [2.05, 4.69) is 0 Å². The fraction of sp³-hybridized carbons (Fsp3) is 0.188. The average molecular weight is 269 g/mol. The first-order valence-corrected chi connectivity index (χ1v) is 6.30. The van der Waals surface area contributed by atoms with Crippen LogP contribution in [-0.2, 0) is 13.1 Å². The van der Waals surface area contributed by atoms with Crippen molar-refractivity contribution in [1.29, 1.82) is 5.26 Å². The molecule has 0 fully saturated rings. The third kappa shape index (κ3) is 3.56. The number of nitrogens with two attached hydrogens (primary N) is 1. The number of anilines is 1. The normalized spacial score (nSPS) is 10.5. The van der Waals surface area contributed by atoms with Crippen LogP contribution in [0.1, 0.15) is 16.7 Å². The lowest BCUT2D eigenvalue weighted by atomic mass is 10.1. The van der Waals surface area contributed by atoms with Gasteiger partial charge in [0.25, 0.3) is 0 Å². The third-order valence-corrected chi connectivity index (χ3v) is 3.03. The van der Waals surface area contributed by atoms with Crippen molar-refractivity contribution in [1.82, 2.24) is 4.90 Å². The molecule has 0 atom stereocenters. The standard InChI is InChI=1S/C16H16FN3/c1-20(11-14-4-2-3-5-16(14)19)10-13-6-12(9-18)7-15(17)8-13/h2-8H,10-11,19H2,1H3. The summed E-state index contributed by atoms with van der Waals surface area (Å²) < 4.78 is 13.4. The van der Waals surface area contributed by atoms with E-state index in [1.54, 1.807) is 6.07 Å². The first-order valence-electron chi connectivity index (χ1n) is 6.30. The second-order valence-corrected chi connectivity index (χ2v) is 4.83. The number of rotatable bonds is 4. The van der Waals surface area contributed by atoms with Gasteiger partial charge in [-0.25, -0.2) is 4.39 Å². The molecule has 0 unspecified atom stereocenters. The summed E-state index contributed by atoms with van der Waals surface area (Å²) in [7, 11) is 1.93. The lowest BCUT2D eigenvalue weighted by molar-refractivity contribution is 0.319. The fourth-order valence-electron chi connectivity index (χ4n) is 2.14. The van der Waals surface area contributed by atoms with E-state index in [0.717, 1.165) is 16.8 Å². The molecule has 0 aromatic heterocycles. The summed E-state index contributed by atoms with van der Waals surface area (Å²) in [6.45, 7) is 1.23. The van der Waals surface area contributed by atoms with Gasteiger partial charge in [-0.1, -0.05) is 18.2 Å². The van der Waals surface area contributed by atoms with Gasteiger partial charge in [0, 0.05) is 18.8 Å². The van der Waals surface area contributed by atoms with Crippen molar-refractivity contribution in [2.45, 2.75) is 13.1 Å². The molecule has 2 N–H and O–H groups in total. The molecular weight excluding hydrogens is 253 g/mol. The maximum Gasteiger partial charge on any atom is 0.124 e. The molecule has 0 radical (unpaired) electrons. The van der Waals surface area contributed by atoms with Crippen molar-refractivity contribution < 1.29 is 4.39 Å². The molecule has 0 amide bonds. The van der Waals surface area contributed by atoms with Crippen LogP contribution < -0.4 is 5.73 Å². The molecule has 4 heteroatoms. The smallest absolute Gasteiger partial charge is 0.124 e. The maximum atomic E-state index is 13.4. The van der Waals surface area contributed by atoms with E-state index in [1.165, 1.54) is 12.1 Å². The molecule has 102 valence electrons. The van der Waals surface area contributed by atoms with Crippen LogP contribution >= 0.6 is 0 Å². The summed E-state index contributed by atoms with van der Waals surface area (Å²) >= 11 is 0. The number of hydrogen-bond acceptors (Lipinski definition) is 3. The largest absolute Gasteiger partial charge is 0.398 e. The van der Waals surface area contributed by atoms with E-state index < -0.39 is 0 Å². The van der Waals surface area contributed by atoms with E-state index in [9.17, 15) is 4.39 Å². The van der Waals surface area contributed by atoms with Crippen molar-refractivity contribution in [3.05, 3.63) is 65.0 Å². The summed E-state index contributed by atoms with van der Waals surface area (Å²) in [6, 6.07) is 14.0. The summed E-state index contributed by atoms with van der Waals surface area (Å²) in [5.41, 5.74) is 8.80. The average Bonchev–Trinajstić information content (AvgIpc) is 2.40. The highest BCUT2D eigenvalue weighted by Gasteiger charge is 2.06. The van der Waals surface area contributed by atoms with Crippen LogP contribution in [0.3, 0.4) is 0 Å². The SMILES string of the molecule is CN(Cc1cc(F)cc(C#N)c1)Cc1ccccc1N. The highest BCUT2D eigenvalue weighted by Crippen LogP contribution is 2.15. The predicted molar refractivity (Wildman–Crippen MR) is 77.1 cm³/mol. The quantitative estimate of drug-likeness (QED) is 0.868. The summed E-state index contributed by atoms with van der Waals surface area (Å²) in [6.07, 6.45) is 0. The van der Waals surface area contributed by atoms with Gasteiger partial charge < -0.3 is 5.73 Å². The fourth-order valence-corrected chi connectivity index (χ4v) is 2.14. The molecule has 20 heavy (non-hydrogen) atoms. The number of para-hydroxylation sites is 1. The van der Waals surface area contributed by atoms with Crippen molar-refractivity contribution in [2.75, 3.05) is 12.8 Å². The number of hydrogen-bond donors (Lipinski definition) is 1. The first-order chi connectivity index (χ1) is 9.58. The van der Waals surface area contributed by atoms with Gasteiger partial charge in [0.15, 0.2) is 0 Å². The Labute approximate surface area is 118 Å². The van der Waals surface area contributed by atoms with Gasteiger partial charge in [-0.05, 0) is 42.4 Å². The Hall–Kier alpha value is -2.38. The third-order valence-electron chi connectivity index (χ3n) is 3.03. The zero-order valence-corrected chi connectivity index (χ0v) is 11.3. The molecule has 0 heterocycles. The van der Waals surface area contributed by atoms with Crippen molar-refractivity contribution in [2.24, 2.45) is 0 Å². The van der Waals surface area contributed by atoms with Crippen LogP contribution in [0, 0.1) is 17.1 Å². The number of nitrogens with zero attached hydrogens (tertiary/aromatic N) is 2. The zero-order valence-electron chi connectivity index (χ0n) is 11.3. The van der Waals surface area contributed by atoms with E-state index >= 15 is 0 Å². The number of nitriles is 1. The molecule has 0 saturated heterocycles. The van der Waals surface area contributed by atoms with Crippen molar-refractivity contribution in [3.63, 3.8) is 0 Å². The molecule has 0 saturated carbocycles. The van der Waals surface area contributed by atoms with Crippen LogP contribution in [0.4, 0.5) is 10.1 Å². The topological polar surface area (TPSA) is 53.0 Å². The molecule has 2 rings (SSSR count). The molecular formula is C16H16FN3. The first kappa shape index (κ1) is 14.0. The van der Waals surface area contributed by atoms with Crippen LogP contribution in [-0.4, -0.2) is 11.9 Å². The van der Waals surface area contributed by atoms with Crippen molar-refractivity contribution in [3.8, 4) is 6.07 Å². The van der Waals surface area contributed by atoms with E-state index in [0.29, 0.717) is 18.7 Å². The predicted octanol–water partition coefficient (Wildman–Crippen LogP) is 2.91. The van der Waals surface area contributed by atoms with Crippen LogP contribution in [0.15, 0.2) is 42.5 Å². The summed E-state index contributed by atoms with van der Waals surface area (Å²) in [5.74, 6) is -0.383.